The Morgan fingerprint density at radius 2 is 1.81 bits per heavy atom. The van der Waals surface area contributed by atoms with Gasteiger partial charge in [-0.05, 0) is 36.8 Å². The van der Waals surface area contributed by atoms with E-state index in [-0.39, 0.29) is 24.2 Å². The van der Waals surface area contributed by atoms with E-state index >= 15 is 0 Å². The van der Waals surface area contributed by atoms with Crippen molar-refractivity contribution in [1.82, 2.24) is 15.3 Å². The van der Waals surface area contributed by atoms with E-state index in [4.69, 9.17) is 0 Å². The van der Waals surface area contributed by atoms with E-state index in [0.717, 1.165) is 12.1 Å². The Morgan fingerprint density at radius 3 is 2.56 bits per heavy atom. The van der Waals surface area contributed by atoms with Crippen molar-refractivity contribution in [3.8, 4) is 0 Å². The number of nitrogens with zero attached hydrogens (tertiary/aromatic N) is 1. The van der Waals surface area contributed by atoms with Gasteiger partial charge < -0.3 is 15.4 Å². The van der Waals surface area contributed by atoms with E-state index in [0.29, 0.717) is 16.7 Å². The van der Waals surface area contributed by atoms with Crippen LogP contribution in [0.5, 0.6) is 0 Å². The predicted molar refractivity (Wildman–Crippen MR) is 95.1 cm³/mol. The van der Waals surface area contributed by atoms with Crippen molar-refractivity contribution in [2.75, 3.05) is 6.54 Å². The molecule has 1 unspecified atom stereocenters. The molecule has 2 aromatic carbocycles. The molecule has 0 fully saturated rings. The van der Waals surface area contributed by atoms with E-state index in [9.17, 15) is 23.1 Å². The highest BCUT2D eigenvalue weighted by molar-refractivity contribution is 5.77. The fraction of sp³-hybridized carbons (Fsp3) is 0.263. The van der Waals surface area contributed by atoms with Gasteiger partial charge in [0.1, 0.15) is 5.82 Å². The van der Waals surface area contributed by atoms with E-state index < -0.39 is 17.3 Å². The van der Waals surface area contributed by atoms with Gasteiger partial charge in [-0.25, -0.2) is 4.98 Å². The Labute approximate surface area is 152 Å². The maximum atomic E-state index is 12.9. The van der Waals surface area contributed by atoms with E-state index in [2.05, 4.69) is 15.3 Å². The number of hydrogen-bond acceptors (Lipinski definition) is 4. The lowest BCUT2D eigenvalue weighted by atomic mass is 9.94. The Kier molecular flexibility index (Phi) is 5.03. The van der Waals surface area contributed by atoms with Crippen molar-refractivity contribution in [3.63, 3.8) is 0 Å². The van der Waals surface area contributed by atoms with Crippen LogP contribution >= 0.6 is 0 Å². The number of para-hydroxylation sites is 1. The third-order valence-corrected chi connectivity index (χ3v) is 4.24. The average molecular weight is 377 g/mol. The Morgan fingerprint density at radius 1 is 1.11 bits per heavy atom. The molecule has 1 heterocycles. The van der Waals surface area contributed by atoms with Crippen LogP contribution in [-0.4, -0.2) is 21.6 Å². The number of H-pyrrole nitrogens is 1. The molecule has 0 amide bonds. The molecule has 142 valence electrons. The summed E-state index contributed by atoms with van der Waals surface area (Å²) in [4.78, 5) is 19.0. The smallest absolute Gasteiger partial charge is 0.384 e. The summed E-state index contributed by atoms with van der Waals surface area (Å²) >= 11 is 0. The molecule has 8 heteroatoms. The second-order valence-electron chi connectivity index (χ2n) is 6.49. The van der Waals surface area contributed by atoms with Crippen LogP contribution in [0.4, 0.5) is 13.2 Å². The molecule has 0 aliphatic rings. The van der Waals surface area contributed by atoms with Crippen LogP contribution in [0.1, 0.15) is 23.9 Å². The van der Waals surface area contributed by atoms with Crippen LogP contribution in [0.3, 0.4) is 0 Å². The van der Waals surface area contributed by atoms with Gasteiger partial charge in [0.25, 0.3) is 5.56 Å². The van der Waals surface area contributed by atoms with Gasteiger partial charge in [-0.3, -0.25) is 4.79 Å². The molecule has 27 heavy (non-hydrogen) atoms. The SMILES string of the molecule is CC(O)(CNCc1nc2ccccc2c(=O)[nH]1)c1cccc(C(F)(F)F)c1. The second-order valence-corrected chi connectivity index (χ2v) is 6.49. The van der Waals surface area contributed by atoms with Crippen molar-refractivity contribution in [2.24, 2.45) is 0 Å². The summed E-state index contributed by atoms with van der Waals surface area (Å²) < 4.78 is 38.6. The van der Waals surface area contributed by atoms with Gasteiger partial charge in [0.05, 0.1) is 28.6 Å². The molecule has 1 aromatic heterocycles. The van der Waals surface area contributed by atoms with E-state index in [1.807, 2.05) is 0 Å². The van der Waals surface area contributed by atoms with Gasteiger partial charge in [-0.1, -0.05) is 24.3 Å². The first kappa shape index (κ1) is 19.1. The molecule has 1 atom stereocenters. The zero-order valence-electron chi connectivity index (χ0n) is 14.5. The minimum atomic E-state index is -4.48. The lowest BCUT2D eigenvalue weighted by Crippen LogP contribution is -2.36. The maximum Gasteiger partial charge on any atom is 0.416 e. The fourth-order valence-electron chi connectivity index (χ4n) is 2.78. The number of fused-ring (bicyclic) bond motifs is 1. The molecule has 0 bridgehead atoms. The van der Waals surface area contributed by atoms with Gasteiger partial charge in [-0.15, -0.1) is 0 Å². The average Bonchev–Trinajstić information content (AvgIpc) is 2.61. The maximum absolute atomic E-state index is 12.9. The lowest BCUT2D eigenvalue weighted by Gasteiger charge is -2.25. The van der Waals surface area contributed by atoms with E-state index in [1.165, 1.54) is 19.1 Å². The summed E-state index contributed by atoms with van der Waals surface area (Å²) in [5, 5.41) is 14.0. The van der Waals surface area contributed by atoms with Gasteiger partial charge in [0, 0.05) is 6.54 Å². The highest BCUT2D eigenvalue weighted by Gasteiger charge is 2.32. The molecule has 0 aliphatic carbocycles. The fourth-order valence-corrected chi connectivity index (χ4v) is 2.78. The third kappa shape index (κ3) is 4.35. The quantitative estimate of drug-likeness (QED) is 0.639. The first-order valence-electron chi connectivity index (χ1n) is 8.25. The Bertz CT molecular complexity index is 1010. The summed E-state index contributed by atoms with van der Waals surface area (Å²) in [7, 11) is 0. The first-order chi connectivity index (χ1) is 12.7. The van der Waals surface area contributed by atoms with Crippen molar-refractivity contribution in [2.45, 2.75) is 25.2 Å². The number of hydrogen-bond donors (Lipinski definition) is 3. The molecule has 0 saturated carbocycles. The summed E-state index contributed by atoms with van der Waals surface area (Å²) in [5.41, 5.74) is -1.94. The van der Waals surface area contributed by atoms with Crippen LogP contribution in [-0.2, 0) is 18.3 Å². The minimum absolute atomic E-state index is 0.0230. The van der Waals surface area contributed by atoms with Crippen molar-refractivity contribution < 1.29 is 18.3 Å². The largest absolute Gasteiger partial charge is 0.416 e. The molecule has 0 radical (unpaired) electrons. The topological polar surface area (TPSA) is 78.0 Å². The highest BCUT2D eigenvalue weighted by atomic mass is 19.4. The zero-order chi connectivity index (χ0) is 19.7. The van der Waals surface area contributed by atoms with Crippen LogP contribution in [0.15, 0.2) is 53.3 Å². The number of aromatic nitrogens is 2. The molecule has 0 saturated heterocycles. The van der Waals surface area contributed by atoms with Gasteiger partial charge >= 0.3 is 6.18 Å². The Balaban J connectivity index is 1.72. The highest BCUT2D eigenvalue weighted by Crippen LogP contribution is 2.31. The lowest BCUT2D eigenvalue weighted by molar-refractivity contribution is -0.137. The summed E-state index contributed by atoms with van der Waals surface area (Å²) in [5.74, 6) is 0.374. The number of halogens is 3. The molecule has 5 nitrogen and oxygen atoms in total. The summed E-state index contributed by atoms with van der Waals surface area (Å²) in [6.07, 6.45) is -4.48. The van der Waals surface area contributed by atoms with Crippen LogP contribution in [0, 0.1) is 0 Å². The molecule has 3 rings (SSSR count). The second kappa shape index (κ2) is 7.13. The number of rotatable bonds is 5. The monoisotopic (exact) mass is 377 g/mol. The Hall–Kier alpha value is -2.71. The molecule has 3 N–H and O–H groups in total. The molecule has 0 aliphatic heterocycles. The van der Waals surface area contributed by atoms with Gasteiger partial charge in [0.2, 0.25) is 0 Å². The first-order valence-corrected chi connectivity index (χ1v) is 8.25. The zero-order valence-corrected chi connectivity index (χ0v) is 14.5. The van der Waals surface area contributed by atoms with E-state index in [1.54, 1.807) is 24.3 Å². The third-order valence-electron chi connectivity index (χ3n) is 4.24. The number of alkyl halides is 3. The predicted octanol–water partition coefficient (Wildman–Crippen LogP) is 2.94. The minimum Gasteiger partial charge on any atom is -0.384 e. The summed E-state index contributed by atoms with van der Waals surface area (Å²) in [6.45, 7) is 1.55. The van der Waals surface area contributed by atoms with Crippen molar-refractivity contribution in [1.29, 1.82) is 0 Å². The number of benzene rings is 2. The van der Waals surface area contributed by atoms with Gasteiger partial charge in [0.15, 0.2) is 0 Å². The van der Waals surface area contributed by atoms with Crippen LogP contribution in [0.2, 0.25) is 0 Å². The number of nitrogens with one attached hydrogen (secondary N) is 2. The standard InChI is InChI=1S/C19H18F3N3O2/c1-18(27,12-5-4-6-13(9-12)19(20,21)22)11-23-10-16-24-15-8-3-2-7-14(15)17(26)25-16/h2-9,23,27H,10-11H2,1H3,(H,24,25,26). The molecular weight excluding hydrogens is 359 g/mol. The summed E-state index contributed by atoms with van der Waals surface area (Å²) in [6, 6.07) is 11.5. The molecule has 3 aromatic rings. The van der Waals surface area contributed by atoms with Crippen molar-refractivity contribution in [3.05, 3.63) is 75.8 Å². The van der Waals surface area contributed by atoms with Crippen LogP contribution < -0.4 is 10.9 Å². The van der Waals surface area contributed by atoms with Crippen LogP contribution in [0.25, 0.3) is 10.9 Å². The molecule has 0 spiro atoms. The number of aliphatic hydroxyl groups is 1. The van der Waals surface area contributed by atoms with Gasteiger partial charge in [-0.2, -0.15) is 13.2 Å². The van der Waals surface area contributed by atoms with Crippen molar-refractivity contribution >= 4 is 10.9 Å². The molecular formula is C19H18F3N3O2. The normalized spacial score (nSPS) is 14.3. The number of aromatic amines is 1.